The lowest BCUT2D eigenvalue weighted by Crippen LogP contribution is -2.41. The number of carboxylic acids is 1. The highest BCUT2D eigenvalue weighted by atomic mass is 16.4. The molecular formula is C15H22N2O3. The monoisotopic (exact) mass is 278 g/mol. The van der Waals surface area contributed by atoms with Crippen LogP contribution in [-0.4, -0.2) is 28.1 Å². The van der Waals surface area contributed by atoms with Gasteiger partial charge < -0.3 is 15.0 Å². The molecule has 1 aliphatic rings. The van der Waals surface area contributed by atoms with Crippen molar-refractivity contribution < 1.29 is 14.7 Å². The Morgan fingerprint density at radius 1 is 1.50 bits per heavy atom. The summed E-state index contributed by atoms with van der Waals surface area (Å²) in [4.78, 5) is 23.5. The molecule has 1 aromatic rings. The Morgan fingerprint density at radius 2 is 2.20 bits per heavy atom. The fraction of sp³-hybridized carbons (Fsp3) is 0.600. The molecule has 0 radical (unpaired) electrons. The van der Waals surface area contributed by atoms with Crippen molar-refractivity contribution in [3.8, 4) is 0 Å². The number of carbonyl (C=O) groups excluding carboxylic acids is 1. The van der Waals surface area contributed by atoms with Gasteiger partial charge in [-0.25, -0.2) is 0 Å². The number of carbonyl (C=O) groups is 2. The number of nitrogens with one attached hydrogen (secondary N) is 1. The summed E-state index contributed by atoms with van der Waals surface area (Å²) in [7, 11) is 0. The minimum atomic E-state index is -0.913. The molecule has 0 aromatic carbocycles. The van der Waals surface area contributed by atoms with Crippen molar-refractivity contribution in [2.75, 3.05) is 6.54 Å². The molecule has 2 rings (SSSR count). The van der Waals surface area contributed by atoms with Crippen LogP contribution in [0.4, 0.5) is 0 Å². The van der Waals surface area contributed by atoms with E-state index in [0.29, 0.717) is 18.2 Å². The van der Waals surface area contributed by atoms with E-state index in [9.17, 15) is 14.7 Å². The van der Waals surface area contributed by atoms with E-state index in [2.05, 4.69) is 5.32 Å². The van der Waals surface area contributed by atoms with Crippen molar-refractivity contribution in [1.82, 2.24) is 9.88 Å². The number of rotatable bonds is 6. The first-order valence-corrected chi connectivity index (χ1v) is 7.16. The standard InChI is InChI=1S/C15H22N2O3/c1-3-15(2,14(19)20)10-16-13(18)12-8-5-9-17(12)11-6-4-7-11/h5,8-9,11H,3-4,6-7,10H2,1-2H3,(H,16,18)(H,19,20). The second-order valence-corrected chi connectivity index (χ2v) is 5.79. The van der Waals surface area contributed by atoms with E-state index in [1.54, 1.807) is 13.0 Å². The molecule has 20 heavy (non-hydrogen) atoms. The van der Waals surface area contributed by atoms with Crippen molar-refractivity contribution in [2.24, 2.45) is 5.41 Å². The van der Waals surface area contributed by atoms with E-state index < -0.39 is 11.4 Å². The first-order valence-electron chi connectivity index (χ1n) is 7.16. The van der Waals surface area contributed by atoms with Crippen molar-refractivity contribution in [1.29, 1.82) is 0 Å². The zero-order valence-corrected chi connectivity index (χ0v) is 12.1. The van der Waals surface area contributed by atoms with Gasteiger partial charge in [0.05, 0.1) is 5.41 Å². The highest BCUT2D eigenvalue weighted by molar-refractivity contribution is 5.93. The summed E-state index contributed by atoms with van der Waals surface area (Å²) < 4.78 is 2.00. The summed E-state index contributed by atoms with van der Waals surface area (Å²) in [5.41, 5.74) is -0.289. The third kappa shape index (κ3) is 2.71. The molecule has 0 spiro atoms. The molecule has 1 aliphatic carbocycles. The first-order chi connectivity index (χ1) is 9.48. The van der Waals surface area contributed by atoms with Gasteiger partial charge in [0, 0.05) is 18.8 Å². The smallest absolute Gasteiger partial charge is 0.311 e. The highest BCUT2D eigenvalue weighted by Gasteiger charge is 2.32. The van der Waals surface area contributed by atoms with Crippen LogP contribution in [0, 0.1) is 5.41 Å². The van der Waals surface area contributed by atoms with Crippen molar-refractivity contribution in [2.45, 2.75) is 45.6 Å². The van der Waals surface area contributed by atoms with Gasteiger partial charge in [0.2, 0.25) is 0 Å². The zero-order valence-electron chi connectivity index (χ0n) is 12.1. The lowest BCUT2D eigenvalue weighted by molar-refractivity contribution is -0.147. The van der Waals surface area contributed by atoms with Gasteiger partial charge in [0.15, 0.2) is 0 Å². The number of hydrogen-bond acceptors (Lipinski definition) is 2. The highest BCUT2D eigenvalue weighted by Crippen LogP contribution is 2.32. The fourth-order valence-corrected chi connectivity index (χ4v) is 2.29. The summed E-state index contributed by atoms with van der Waals surface area (Å²) in [6.45, 7) is 3.62. The topological polar surface area (TPSA) is 71.3 Å². The summed E-state index contributed by atoms with van der Waals surface area (Å²) in [6, 6.07) is 4.07. The normalized spacial score (nSPS) is 18.1. The molecule has 1 heterocycles. The molecule has 0 saturated heterocycles. The molecule has 5 nitrogen and oxygen atoms in total. The largest absolute Gasteiger partial charge is 0.481 e. The maximum absolute atomic E-state index is 12.2. The van der Waals surface area contributed by atoms with Crippen LogP contribution in [-0.2, 0) is 4.79 Å². The summed E-state index contributed by atoms with van der Waals surface area (Å²) in [6.07, 6.45) is 5.82. The number of nitrogens with zero attached hydrogens (tertiary/aromatic N) is 1. The Labute approximate surface area is 119 Å². The van der Waals surface area contributed by atoms with Gasteiger partial charge in [-0.1, -0.05) is 6.92 Å². The molecule has 1 atom stereocenters. The second kappa shape index (κ2) is 5.69. The van der Waals surface area contributed by atoms with Gasteiger partial charge in [-0.2, -0.15) is 0 Å². The molecule has 1 aromatic heterocycles. The SMILES string of the molecule is CCC(C)(CNC(=O)c1cccn1C1CCC1)C(=O)O. The van der Waals surface area contributed by atoms with Crippen LogP contribution in [0.3, 0.4) is 0 Å². The van der Waals surface area contributed by atoms with Crippen molar-refractivity contribution >= 4 is 11.9 Å². The van der Waals surface area contributed by atoms with Crippen LogP contribution in [0.5, 0.6) is 0 Å². The minimum Gasteiger partial charge on any atom is -0.481 e. The fourth-order valence-electron chi connectivity index (χ4n) is 2.29. The number of aromatic nitrogens is 1. The average Bonchev–Trinajstić information content (AvgIpc) is 2.82. The Morgan fingerprint density at radius 3 is 2.70 bits per heavy atom. The van der Waals surface area contributed by atoms with Crippen molar-refractivity contribution in [3.05, 3.63) is 24.0 Å². The maximum Gasteiger partial charge on any atom is 0.311 e. The Bertz CT molecular complexity index is 505. The predicted molar refractivity (Wildman–Crippen MR) is 75.7 cm³/mol. The van der Waals surface area contributed by atoms with Gasteiger partial charge in [0.1, 0.15) is 5.69 Å². The van der Waals surface area contributed by atoms with Gasteiger partial charge in [-0.15, -0.1) is 0 Å². The van der Waals surface area contributed by atoms with Crippen LogP contribution in [0.25, 0.3) is 0 Å². The Hall–Kier alpha value is -1.78. The lowest BCUT2D eigenvalue weighted by Gasteiger charge is -2.29. The van der Waals surface area contributed by atoms with Crippen LogP contribution in [0.1, 0.15) is 56.1 Å². The van der Waals surface area contributed by atoms with E-state index in [4.69, 9.17) is 0 Å². The van der Waals surface area contributed by atoms with E-state index in [1.807, 2.05) is 23.8 Å². The van der Waals surface area contributed by atoms with Crippen LogP contribution < -0.4 is 5.32 Å². The Balaban J connectivity index is 2.02. The summed E-state index contributed by atoms with van der Waals surface area (Å²) in [5.74, 6) is -1.07. The number of hydrogen-bond donors (Lipinski definition) is 2. The molecule has 0 bridgehead atoms. The third-order valence-corrected chi connectivity index (χ3v) is 4.42. The maximum atomic E-state index is 12.2. The van der Waals surface area contributed by atoms with Gasteiger partial charge in [0.25, 0.3) is 5.91 Å². The quantitative estimate of drug-likeness (QED) is 0.839. The number of amides is 1. The van der Waals surface area contributed by atoms with Gasteiger partial charge in [-0.05, 0) is 44.7 Å². The molecule has 2 N–H and O–H groups in total. The number of carboxylic acid groups (broad SMARTS) is 1. The molecule has 1 saturated carbocycles. The Kier molecular flexibility index (Phi) is 4.16. The molecule has 1 fully saturated rings. The molecule has 1 amide bonds. The minimum absolute atomic E-state index is 0.146. The molecular weight excluding hydrogens is 256 g/mol. The predicted octanol–water partition coefficient (Wildman–Crippen LogP) is 2.44. The third-order valence-electron chi connectivity index (χ3n) is 4.42. The zero-order chi connectivity index (χ0) is 14.8. The summed E-state index contributed by atoms with van der Waals surface area (Å²) in [5, 5.41) is 12.0. The van der Waals surface area contributed by atoms with E-state index in [0.717, 1.165) is 12.8 Å². The van der Waals surface area contributed by atoms with Crippen LogP contribution in [0.15, 0.2) is 18.3 Å². The first kappa shape index (κ1) is 14.6. The van der Waals surface area contributed by atoms with Crippen molar-refractivity contribution in [3.63, 3.8) is 0 Å². The van der Waals surface area contributed by atoms with E-state index >= 15 is 0 Å². The average molecular weight is 278 g/mol. The van der Waals surface area contributed by atoms with Gasteiger partial charge >= 0.3 is 5.97 Å². The second-order valence-electron chi connectivity index (χ2n) is 5.79. The summed E-state index contributed by atoms with van der Waals surface area (Å²) >= 11 is 0. The molecule has 5 heteroatoms. The van der Waals surface area contributed by atoms with E-state index in [-0.39, 0.29) is 12.5 Å². The van der Waals surface area contributed by atoms with Gasteiger partial charge in [-0.3, -0.25) is 9.59 Å². The van der Waals surface area contributed by atoms with Crippen LogP contribution in [0.2, 0.25) is 0 Å². The molecule has 0 aliphatic heterocycles. The molecule has 1 unspecified atom stereocenters. The molecule has 110 valence electrons. The van der Waals surface area contributed by atoms with Crippen LogP contribution >= 0.6 is 0 Å². The number of aliphatic carboxylic acids is 1. The van der Waals surface area contributed by atoms with E-state index in [1.165, 1.54) is 6.42 Å². The lowest BCUT2D eigenvalue weighted by atomic mass is 9.87.